The maximum Gasteiger partial charge on any atom is 0.271 e. The van der Waals surface area contributed by atoms with Gasteiger partial charge in [-0.2, -0.15) is 0 Å². The highest BCUT2D eigenvalue weighted by atomic mass is 35.5. The number of carbonyl (C=O) groups excluding carboxylic acids is 1. The van der Waals surface area contributed by atoms with E-state index in [1.165, 1.54) is 0 Å². The van der Waals surface area contributed by atoms with Crippen LogP contribution in [0.5, 0.6) is 0 Å². The van der Waals surface area contributed by atoms with Gasteiger partial charge in [0.1, 0.15) is 4.21 Å². The Labute approximate surface area is 192 Å². The zero-order chi connectivity index (χ0) is 22.4. The van der Waals surface area contributed by atoms with Gasteiger partial charge in [-0.05, 0) is 67.5 Å². The van der Waals surface area contributed by atoms with Crippen LogP contribution in [0.1, 0.15) is 15.9 Å². The molecule has 1 heterocycles. The lowest BCUT2D eigenvalue weighted by atomic mass is 10.1. The number of hydrogen-bond donors (Lipinski definition) is 1. The molecule has 0 atom stereocenters. The number of rotatable bonds is 9. The van der Waals surface area contributed by atoms with Crippen LogP contribution in [0.25, 0.3) is 0 Å². The van der Waals surface area contributed by atoms with Crippen LogP contribution in [0.2, 0.25) is 5.02 Å². The molecule has 0 radical (unpaired) electrons. The molecule has 0 fully saturated rings. The minimum atomic E-state index is -3.62. The van der Waals surface area contributed by atoms with E-state index in [0.717, 1.165) is 23.4 Å². The molecule has 0 saturated heterocycles. The molecule has 0 aliphatic heterocycles. The molecule has 2 aromatic carbocycles. The Morgan fingerprint density at radius 2 is 1.68 bits per heavy atom. The first kappa shape index (κ1) is 23.3. The lowest BCUT2D eigenvalue weighted by Crippen LogP contribution is -2.36. The van der Waals surface area contributed by atoms with Gasteiger partial charge in [0.05, 0.1) is 0 Å². The summed E-state index contributed by atoms with van der Waals surface area (Å²) in [6.07, 6.45) is 0. The number of thiophene rings is 1. The van der Waals surface area contributed by atoms with Gasteiger partial charge in [0.25, 0.3) is 15.9 Å². The Hall–Kier alpha value is -2.39. The zero-order valence-corrected chi connectivity index (χ0v) is 19.7. The Morgan fingerprint density at radius 3 is 2.26 bits per heavy atom. The van der Waals surface area contributed by atoms with Crippen LogP contribution in [0, 0.1) is 0 Å². The summed E-state index contributed by atoms with van der Waals surface area (Å²) in [6, 6.07) is 17.1. The molecule has 1 N–H and O–H groups in total. The maximum atomic E-state index is 13.2. The summed E-state index contributed by atoms with van der Waals surface area (Å²) >= 11 is 7.11. The molecular formula is C22H24ClN3O3S2. The monoisotopic (exact) mass is 477 g/mol. The van der Waals surface area contributed by atoms with Gasteiger partial charge in [0.2, 0.25) is 0 Å². The number of nitrogens with zero attached hydrogens (tertiary/aromatic N) is 2. The Morgan fingerprint density at radius 1 is 1.00 bits per heavy atom. The molecule has 0 aliphatic carbocycles. The normalized spacial score (nSPS) is 11.5. The van der Waals surface area contributed by atoms with Gasteiger partial charge in [-0.1, -0.05) is 29.8 Å². The number of nitrogens with one attached hydrogen (secondary N) is 1. The predicted octanol–water partition coefficient (Wildman–Crippen LogP) is 4.41. The highest BCUT2D eigenvalue weighted by Gasteiger charge is 2.18. The van der Waals surface area contributed by atoms with E-state index in [-0.39, 0.29) is 10.1 Å². The lowest BCUT2D eigenvalue weighted by Gasteiger charge is -2.25. The van der Waals surface area contributed by atoms with Crippen LogP contribution >= 0.6 is 22.9 Å². The number of sulfonamides is 1. The summed E-state index contributed by atoms with van der Waals surface area (Å²) in [6.45, 7) is 1.73. The summed E-state index contributed by atoms with van der Waals surface area (Å²) in [7, 11) is 0.291. The average Bonchev–Trinajstić information content (AvgIpc) is 3.28. The lowest BCUT2D eigenvalue weighted by molar-refractivity contribution is 0.0732. The number of carbonyl (C=O) groups is 1. The number of halogens is 1. The predicted molar refractivity (Wildman–Crippen MR) is 126 cm³/mol. The van der Waals surface area contributed by atoms with Crippen molar-refractivity contribution in [2.24, 2.45) is 0 Å². The minimum absolute atomic E-state index is 0.121. The molecule has 1 amide bonds. The first-order valence-electron chi connectivity index (χ1n) is 9.59. The van der Waals surface area contributed by atoms with Crippen LogP contribution in [0.4, 0.5) is 5.69 Å². The molecule has 0 saturated carbocycles. The van der Waals surface area contributed by atoms with Crippen molar-refractivity contribution in [1.29, 1.82) is 0 Å². The second-order valence-corrected chi connectivity index (χ2v) is 10.6. The second-order valence-electron chi connectivity index (χ2n) is 7.27. The van der Waals surface area contributed by atoms with Crippen LogP contribution in [0.3, 0.4) is 0 Å². The molecule has 0 unspecified atom stereocenters. The molecule has 0 spiro atoms. The van der Waals surface area contributed by atoms with Crippen molar-refractivity contribution < 1.29 is 13.2 Å². The van der Waals surface area contributed by atoms with E-state index in [0.29, 0.717) is 29.4 Å². The fraction of sp³-hybridized carbons (Fsp3) is 0.227. The van der Waals surface area contributed by atoms with E-state index < -0.39 is 10.0 Å². The summed E-state index contributed by atoms with van der Waals surface area (Å²) in [5.74, 6) is -0.121. The van der Waals surface area contributed by atoms with Crippen LogP contribution in [0.15, 0.2) is 70.3 Å². The SMILES string of the molecule is CN(C)CCN(Cc1ccc(Cl)cc1)C(=O)c1ccc(NS(=O)(=O)c2cccs2)cc1. The van der Waals surface area contributed by atoms with Crippen molar-refractivity contribution in [2.45, 2.75) is 10.8 Å². The number of benzene rings is 2. The summed E-state index contributed by atoms with van der Waals surface area (Å²) in [5, 5.41) is 2.36. The topological polar surface area (TPSA) is 69.7 Å². The summed E-state index contributed by atoms with van der Waals surface area (Å²) in [4.78, 5) is 16.9. The molecule has 9 heteroatoms. The largest absolute Gasteiger partial charge is 0.333 e. The number of anilines is 1. The van der Waals surface area contributed by atoms with E-state index in [1.54, 1.807) is 58.8 Å². The Bertz CT molecular complexity index is 1100. The molecule has 0 bridgehead atoms. The Balaban J connectivity index is 1.74. The Kier molecular flexibility index (Phi) is 7.72. The molecule has 31 heavy (non-hydrogen) atoms. The van der Waals surface area contributed by atoms with Crippen molar-refractivity contribution in [2.75, 3.05) is 31.9 Å². The number of amides is 1. The number of hydrogen-bond acceptors (Lipinski definition) is 5. The van der Waals surface area contributed by atoms with E-state index in [4.69, 9.17) is 11.6 Å². The molecule has 3 aromatic rings. The van der Waals surface area contributed by atoms with E-state index in [1.807, 2.05) is 31.1 Å². The van der Waals surface area contributed by atoms with Crippen LogP contribution in [-0.2, 0) is 16.6 Å². The third-order valence-electron chi connectivity index (χ3n) is 4.54. The standard InChI is InChI=1S/C22H24ClN3O3S2/c1-25(2)13-14-26(16-17-5-9-19(23)10-6-17)22(27)18-7-11-20(12-8-18)24-31(28,29)21-4-3-15-30-21/h3-12,15,24H,13-14,16H2,1-2H3. The molecular weight excluding hydrogens is 454 g/mol. The molecule has 3 rings (SSSR count). The highest BCUT2D eigenvalue weighted by Crippen LogP contribution is 2.21. The van der Waals surface area contributed by atoms with E-state index in [9.17, 15) is 13.2 Å². The van der Waals surface area contributed by atoms with Gasteiger partial charge in [0.15, 0.2) is 0 Å². The molecule has 6 nitrogen and oxygen atoms in total. The van der Waals surface area contributed by atoms with E-state index >= 15 is 0 Å². The van der Waals surface area contributed by atoms with Crippen molar-refractivity contribution in [3.8, 4) is 0 Å². The average molecular weight is 478 g/mol. The fourth-order valence-electron chi connectivity index (χ4n) is 2.87. The van der Waals surface area contributed by atoms with Gasteiger partial charge >= 0.3 is 0 Å². The minimum Gasteiger partial charge on any atom is -0.333 e. The number of likely N-dealkylation sites (N-methyl/N-ethyl adjacent to an activating group) is 1. The maximum absolute atomic E-state index is 13.2. The third kappa shape index (κ3) is 6.54. The van der Waals surface area contributed by atoms with Gasteiger partial charge in [-0.3, -0.25) is 9.52 Å². The van der Waals surface area contributed by atoms with Crippen LogP contribution in [-0.4, -0.2) is 51.3 Å². The van der Waals surface area contributed by atoms with Gasteiger partial charge in [-0.25, -0.2) is 8.42 Å². The van der Waals surface area contributed by atoms with Crippen molar-refractivity contribution in [3.05, 3.63) is 82.2 Å². The van der Waals surface area contributed by atoms with Crippen molar-refractivity contribution in [3.63, 3.8) is 0 Å². The molecule has 164 valence electrons. The second kappa shape index (κ2) is 10.3. The zero-order valence-electron chi connectivity index (χ0n) is 17.3. The van der Waals surface area contributed by atoms with Gasteiger partial charge < -0.3 is 9.80 Å². The first-order valence-corrected chi connectivity index (χ1v) is 12.3. The van der Waals surface area contributed by atoms with E-state index in [2.05, 4.69) is 4.72 Å². The smallest absolute Gasteiger partial charge is 0.271 e. The van der Waals surface area contributed by atoms with Crippen LogP contribution < -0.4 is 4.72 Å². The van der Waals surface area contributed by atoms with Gasteiger partial charge in [0, 0.05) is 35.9 Å². The fourth-order valence-corrected chi connectivity index (χ4v) is 5.05. The molecule has 1 aromatic heterocycles. The van der Waals surface area contributed by atoms with Gasteiger partial charge in [-0.15, -0.1) is 11.3 Å². The summed E-state index contributed by atoms with van der Waals surface area (Å²) < 4.78 is 27.5. The van der Waals surface area contributed by atoms with Crippen molar-refractivity contribution in [1.82, 2.24) is 9.80 Å². The summed E-state index contributed by atoms with van der Waals surface area (Å²) in [5.41, 5.74) is 1.88. The highest BCUT2D eigenvalue weighted by molar-refractivity contribution is 7.94. The van der Waals surface area contributed by atoms with Crippen molar-refractivity contribution >= 4 is 44.6 Å². The quantitative estimate of drug-likeness (QED) is 0.495. The first-order chi connectivity index (χ1) is 14.7. The molecule has 0 aliphatic rings. The third-order valence-corrected chi connectivity index (χ3v) is 7.57.